The third kappa shape index (κ3) is 3.09. The van der Waals surface area contributed by atoms with Gasteiger partial charge in [-0.15, -0.1) is 0 Å². The Morgan fingerprint density at radius 3 is 2.63 bits per heavy atom. The predicted molar refractivity (Wildman–Crippen MR) is 63.9 cm³/mol. The standard InChI is InChI=1S/C12H18F3N3O/c1-18-7-9(10(6-16)12(13,14)15)11(17-18)8-2-4-19-5-3-8/h7-8,10H,2-6,16H2,1H3. The van der Waals surface area contributed by atoms with E-state index < -0.39 is 18.6 Å². The number of hydrogen-bond donors (Lipinski definition) is 1. The summed E-state index contributed by atoms with van der Waals surface area (Å²) < 4.78 is 45.7. The second-order valence-electron chi connectivity index (χ2n) is 4.86. The molecule has 0 radical (unpaired) electrons. The number of aryl methyl sites for hydroxylation is 1. The first-order chi connectivity index (χ1) is 8.93. The minimum atomic E-state index is -4.34. The van der Waals surface area contributed by atoms with Crippen molar-refractivity contribution in [3.8, 4) is 0 Å². The number of alkyl halides is 3. The summed E-state index contributed by atoms with van der Waals surface area (Å²) in [5.74, 6) is -1.61. The maximum absolute atomic E-state index is 13.0. The number of ether oxygens (including phenoxy) is 1. The smallest absolute Gasteiger partial charge is 0.381 e. The van der Waals surface area contributed by atoms with E-state index in [2.05, 4.69) is 5.10 Å². The van der Waals surface area contributed by atoms with E-state index >= 15 is 0 Å². The molecule has 4 nitrogen and oxygen atoms in total. The van der Waals surface area contributed by atoms with E-state index in [0.29, 0.717) is 31.7 Å². The molecule has 2 N–H and O–H groups in total. The van der Waals surface area contributed by atoms with Gasteiger partial charge >= 0.3 is 6.18 Å². The highest BCUT2D eigenvalue weighted by molar-refractivity contribution is 5.27. The summed E-state index contributed by atoms with van der Waals surface area (Å²) >= 11 is 0. The zero-order chi connectivity index (χ0) is 14.0. The molecule has 1 unspecified atom stereocenters. The first-order valence-corrected chi connectivity index (χ1v) is 6.31. The van der Waals surface area contributed by atoms with Crippen molar-refractivity contribution in [2.24, 2.45) is 12.8 Å². The molecule has 1 aromatic heterocycles. The van der Waals surface area contributed by atoms with Crippen molar-refractivity contribution in [2.75, 3.05) is 19.8 Å². The number of aromatic nitrogens is 2. The molecule has 1 aromatic rings. The molecule has 0 aromatic carbocycles. The van der Waals surface area contributed by atoms with Gasteiger partial charge in [-0.25, -0.2) is 0 Å². The van der Waals surface area contributed by atoms with E-state index in [9.17, 15) is 13.2 Å². The molecule has 1 atom stereocenters. The summed E-state index contributed by atoms with van der Waals surface area (Å²) in [6.07, 6.45) is -1.48. The van der Waals surface area contributed by atoms with Crippen LogP contribution in [0.5, 0.6) is 0 Å². The highest BCUT2D eigenvalue weighted by Crippen LogP contribution is 2.39. The van der Waals surface area contributed by atoms with E-state index in [0.717, 1.165) is 0 Å². The minimum absolute atomic E-state index is 0.0290. The molecule has 2 rings (SSSR count). The molecule has 1 aliphatic heterocycles. The lowest BCUT2D eigenvalue weighted by Crippen LogP contribution is -2.29. The monoisotopic (exact) mass is 277 g/mol. The second kappa shape index (κ2) is 5.50. The van der Waals surface area contributed by atoms with Crippen LogP contribution in [0.25, 0.3) is 0 Å². The average Bonchev–Trinajstić information content (AvgIpc) is 2.71. The average molecular weight is 277 g/mol. The molecule has 0 spiro atoms. The highest BCUT2D eigenvalue weighted by atomic mass is 19.4. The number of rotatable bonds is 3. The van der Waals surface area contributed by atoms with Crippen LogP contribution in [0.15, 0.2) is 6.20 Å². The molecule has 1 saturated heterocycles. The van der Waals surface area contributed by atoms with Gasteiger partial charge in [0.15, 0.2) is 0 Å². The van der Waals surface area contributed by atoms with Gasteiger partial charge in [0.05, 0.1) is 11.6 Å². The summed E-state index contributed by atoms with van der Waals surface area (Å²) in [4.78, 5) is 0. The highest BCUT2D eigenvalue weighted by Gasteiger charge is 2.42. The molecule has 7 heteroatoms. The summed E-state index contributed by atoms with van der Waals surface area (Å²) in [6, 6.07) is 0. The van der Waals surface area contributed by atoms with Crippen LogP contribution in [-0.2, 0) is 11.8 Å². The minimum Gasteiger partial charge on any atom is -0.381 e. The van der Waals surface area contributed by atoms with Gasteiger partial charge in [0.25, 0.3) is 0 Å². The lowest BCUT2D eigenvalue weighted by Gasteiger charge is -2.24. The Labute approximate surface area is 109 Å². The van der Waals surface area contributed by atoms with Gasteiger partial charge in [-0.3, -0.25) is 4.68 Å². The van der Waals surface area contributed by atoms with Gasteiger partial charge in [0.2, 0.25) is 0 Å². The van der Waals surface area contributed by atoms with Gasteiger partial charge in [0.1, 0.15) is 0 Å². The zero-order valence-electron chi connectivity index (χ0n) is 10.8. The molecule has 0 saturated carbocycles. The van der Waals surface area contributed by atoms with E-state index in [1.165, 1.54) is 10.9 Å². The molecule has 0 bridgehead atoms. The van der Waals surface area contributed by atoms with E-state index in [1.54, 1.807) is 7.05 Å². The first-order valence-electron chi connectivity index (χ1n) is 6.31. The van der Waals surface area contributed by atoms with Crippen LogP contribution in [0.2, 0.25) is 0 Å². The summed E-state index contributed by atoms with van der Waals surface area (Å²) in [6.45, 7) is 0.686. The van der Waals surface area contributed by atoms with Crippen LogP contribution >= 0.6 is 0 Å². The van der Waals surface area contributed by atoms with Crippen LogP contribution in [-0.4, -0.2) is 35.7 Å². The lowest BCUT2D eigenvalue weighted by atomic mass is 9.89. The molecule has 19 heavy (non-hydrogen) atoms. The molecular weight excluding hydrogens is 259 g/mol. The quantitative estimate of drug-likeness (QED) is 0.918. The van der Waals surface area contributed by atoms with Gasteiger partial charge in [-0.2, -0.15) is 18.3 Å². The van der Waals surface area contributed by atoms with Gasteiger partial charge in [-0.1, -0.05) is 0 Å². The Bertz CT molecular complexity index is 424. The topological polar surface area (TPSA) is 53.1 Å². The van der Waals surface area contributed by atoms with Gasteiger partial charge < -0.3 is 10.5 Å². The summed E-state index contributed by atoms with van der Waals surface area (Å²) in [7, 11) is 1.64. The third-order valence-corrected chi connectivity index (χ3v) is 3.50. The summed E-state index contributed by atoms with van der Waals surface area (Å²) in [5, 5.41) is 4.22. The SMILES string of the molecule is Cn1cc(C(CN)C(F)(F)F)c(C2CCOCC2)n1. The van der Waals surface area contributed by atoms with Gasteiger partial charge in [0, 0.05) is 44.5 Å². The fourth-order valence-corrected chi connectivity index (χ4v) is 2.52. The van der Waals surface area contributed by atoms with Crippen LogP contribution in [0, 0.1) is 0 Å². The fraction of sp³-hybridized carbons (Fsp3) is 0.750. The van der Waals surface area contributed by atoms with Crippen molar-refractivity contribution < 1.29 is 17.9 Å². The Morgan fingerprint density at radius 2 is 2.11 bits per heavy atom. The molecule has 0 aliphatic carbocycles. The van der Waals surface area contributed by atoms with Crippen molar-refractivity contribution in [1.29, 1.82) is 0 Å². The number of nitrogens with two attached hydrogens (primary N) is 1. The Morgan fingerprint density at radius 1 is 1.47 bits per heavy atom. The Balaban J connectivity index is 2.34. The largest absolute Gasteiger partial charge is 0.397 e. The van der Waals surface area contributed by atoms with Crippen LogP contribution < -0.4 is 5.73 Å². The van der Waals surface area contributed by atoms with Crippen molar-refractivity contribution in [3.05, 3.63) is 17.5 Å². The number of nitrogens with zero attached hydrogens (tertiary/aromatic N) is 2. The van der Waals surface area contributed by atoms with E-state index in [-0.39, 0.29) is 11.5 Å². The van der Waals surface area contributed by atoms with Crippen LogP contribution in [0.3, 0.4) is 0 Å². The molecule has 1 aliphatic rings. The van der Waals surface area contributed by atoms with Gasteiger partial charge in [-0.05, 0) is 12.8 Å². The van der Waals surface area contributed by atoms with E-state index in [4.69, 9.17) is 10.5 Å². The fourth-order valence-electron chi connectivity index (χ4n) is 2.52. The first kappa shape index (κ1) is 14.3. The molecule has 0 amide bonds. The van der Waals surface area contributed by atoms with Crippen molar-refractivity contribution in [1.82, 2.24) is 9.78 Å². The zero-order valence-corrected chi connectivity index (χ0v) is 10.8. The molecule has 1 fully saturated rings. The van der Waals surface area contributed by atoms with Crippen LogP contribution in [0.1, 0.15) is 35.9 Å². The second-order valence-corrected chi connectivity index (χ2v) is 4.86. The van der Waals surface area contributed by atoms with Crippen molar-refractivity contribution >= 4 is 0 Å². The number of hydrogen-bond acceptors (Lipinski definition) is 3. The third-order valence-electron chi connectivity index (χ3n) is 3.50. The Kier molecular flexibility index (Phi) is 4.15. The van der Waals surface area contributed by atoms with E-state index in [1.807, 2.05) is 0 Å². The maximum Gasteiger partial charge on any atom is 0.397 e. The molecule has 2 heterocycles. The van der Waals surface area contributed by atoms with Crippen molar-refractivity contribution in [3.63, 3.8) is 0 Å². The lowest BCUT2D eigenvalue weighted by molar-refractivity contribution is -0.148. The Hall–Kier alpha value is -1.08. The maximum atomic E-state index is 13.0. The molecule has 108 valence electrons. The predicted octanol–water partition coefficient (Wildman–Crippen LogP) is 1.92. The van der Waals surface area contributed by atoms with Crippen LogP contribution in [0.4, 0.5) is 13.2 Å². The van der Waals surface area contributed by atoms with Crippen molar-refractivity contribution in [2.45, 2.75) is 30.9 Å². The molecular formula is C12H18F3N3O. The summed E-state index contributed by atoms with van der Waals surface area (Å²) in [5.41, 5.74) is 6.06. The normalized spacial score (nSPS) is 19.6. The number of halogens is 3.